The molecule has 8 nitrogen and oxygen atoms in total. The molecule has 22 heavy (non-hydrogen) atoms. The Kier molecular flexibility index (Phi) is 4.73. The Hall–Kier alpha value is -1.26. The molecule has 1 aromatic rings. The zero-order chi connectivity index (χ0) is 16.5. The van der Waals surface area contributed by atoms with E-state index in [1.165, 1.54) is 16.8 Å². The first-order valence-electron chi connectivity index (χ1n) is 6.83. The molecule has 10 heteroatoms. The Morgan fingerprint density at radius 2 is 1.77 bits per heavy atom. The van der Waals surface area contributed by atoms with Crippen LogP contribution in [0.15, 0.2) is 11.1 Å². The Morgan fingerprint density at radius 1 is 1.18 bits per heavy atom. The molecule has 0 aliphatic carbocycles. The quantitative estimate of drug-likeness (QED) is 0.817. The molecule has 2 heterocycles. The van der Waals surface area contributed by atoms with Gasteiger partial charge in [-0.25, -0.2) is 31.1 Å². The van der Waals surface area contributed by atoms with E-state index in [2.05, 4.69) is 15.3 Å². The van der Waals surface area contributed by atoms with E-state index in [0.717, 1.165) is 6.26 Å². The van der Waals surface area contributed by atoms with Gasteiger partial charge in [-0.3, -0.25) is 0 Å². The smallest absolute Gasteiger partial charge is 0.211 e. The van der Waals surface area contributed by atoms with Crippen LogP contribution in [-0.2, 0) is 19.9 Å². The van der Waals surface area contributed by atoms with Gasteiger partial charge in [0.25, 0.3) is 0 Å². The molecule has 124 valence electrons. The molecule has 0 amide bonds. The predicted octanol–water partition coefficient (Wildman–Crippen LogP) is 0.0244. The Morgan fingerprint density at radius 3 is 2.27 bits per heavy atom. The highest BCUT2D eigenvalue weighted by Crippen LogP contribution is 2.22. The molecule has 0 spiro atoms. The van der Waals surface area contributed by atoms with Gasteiger partial charge in [0.2, 0.25) is 10.0 Å². The highest BCUT2D eigenvalue weighted by molar-refractivity contribution is 7.90. The summed E-state index contributed by atoms with van der Waals surface area (Å²) in [6.07, 6.45) is 4.79. The average molecular weight is 348 g/mol. The van der Waals surface area contributed by atoms with Crippen LogP contribution in [0.1, 0.15) is 18.7 Å². The van der Waals surface area contributed by atoms with Crippen LogP contribution in [0.4, 0.5) is 5.82 Å². The number of piperidine rings is 1. The fraction of sp³-hybridized carbons (Fsp3) is 0.667. The fourth-order valence-corrected chi connectivity index (χ4v) is 3.93. The second kappa shape index (κ2) is 6.09. The number of nitrogens with one attached hydrogen (secondary N) is 1. The number of aromatic nitrogens is 2. The Balaban J connectivity index is 2.14. The van der Waals surface area contributed by atoms with E-state index < -0.39 is 19.9 Å². The minimum atomic E-state index is -3.43. The molecule has 1 aliphatic heterocycles. The van der Waals surface area contributed by atoms with Gasteiger partial charge in [-0.15, -0.1) is 0 Å². The highest BCUT2D eigenvalue weighted by Gasteiger charge is 2.26. The van der Waals surface area contributed by atoms with Crippen molar-refractivity contribution >= 4 is 25.7 Å². The fourth-order valence-electron chi connectivity index (χ4n) is 2.36. The number of nitrogens with zero attached hydrogens (tertiary/aromatic N) is 3. The summed E-state index contributed by atoms with van der Waals surface area (Å²) in [5, 5.41) is 3.12. The van der Waals surface area contributed by atoms with E-state index in [9.17, 15) is 16.8 Å². The summed E-state index contributed by atoms with van der Waals surface area (Å²) in [4.78, 5) is 8.15. The van der Waals surface area contributed by atoms with Gasteiger partial charge in [-0.05, 0) is 19.8 Å². The van der Waals surface area contributed by atoms with Crippen molar-refractivity contribution in [1.82, 2.24) is 14.3 Å². The van der Waals surface area contributed by atoms with E-state index in [-0.39, 0.29) is 16.8 Å². The highest BCUT2D eigenvalue weighted by atomic mass is 32.2. The number of sulfone groups is 1. The van der Waals surface area contributed by atoms with Gasteiger partial charge in [0.1, 0.15) is 16.5 Å². The maximum Gasteiger partial charge on any atom is 0.211 e. The number of aryl methyl sites for hydroxylation is 1. The Bertz CT molecular complexity index is 753. The summed E-state index contributed by atoms with van der Waals surface area (Å²) in [5.41, 5.74) is 0. The largest absolute Gasteiger partial charge is 0.366 e. The van der Waals surface area contributed by atoms with Gasteiger partial charge in [0, 0.05) is 25.4 Å². The van der Waals surface area contributed by atoms with Crippen LogP contribution in [0.25, 0.3) is 0 Å². The lowest BCUT2D eigenvalue weighted by Crippen LogP contribution is -2.42. The van der Waals surface area contributed by atoms with Crippen LogP contribution in [0.5, 0.6) is 0 Å². The van der Waals surface area contributed by atoms with Crippen molar-refractivity contribution in [3.63, 3.8) is 0 Å². The lowest BCUT2D eigenvalue weighted by atomic mass is 10.1. The molecule has 1 N–H and O–H groups in total. The number of rotatable bonds is 4. The molecule has 1 saturated heterocycles. The monoisotopic (exact) mass is 348 g/mol. The second-order valence-corrected chi connectivity index (χ2v) is 9.45. The molecule has 0 aromatic carbocycles. The van der Waals surface area contributed by atoms with Crippen LogP contribution >= 0.6 is 0 Å². The summed E-state index contributed by atoms with van der Waals surface area (Å²) in [5.74, 6) is 0.760. The average Bonchev–Trinajstić information content (AvgIpc) is 2.36. The molecular weight excluding hydrogens is 328 g/mol. The number of hydrogen-bond donors (Lipinski definition) is 1. The van der Waals surface area contributed by atoms with Gasteiger partial charge in [0.15, 0.2) is 9.84 Å². The maximum absolute atomic E-state index is 11.8. The van der Waals surface area contributed by atoms with E-state index in [0.29, 0.717) is 31.8 Å². The molecular formula is C12H20N4O4S2. The Labute approximate surface area is 130 Å². The zero-order valence-corrected chi connectivity index (χ0v) is 14.4. The third-order valence-corrected chi connectivity index (χ3v) is 5.94. The van der Waals surface area contributed by atoms with Crippen LogP contribution in [-0.4, -0.2) is 62.8 Å². The molecule has 0 bridgehead atoms. The van der Waals surface area contributed by atoms with E-state index >= 15 is 0 Å². The van der Waals surface area contributed by atoms with E-state index in [4.69, 9.17) is 0 Å². The van der Waals surface area contributed by atoms with Gasteiger partial charge < -0.3 is 5.32 Å². The second-order valence-electron chi connectivity index (χ2n) is 5.48. The molecule has 1 fully saturated rings. The van der Waals surface area contributed by atoms with Crippen molar-refractivity contribution in [2.75, 3.05) is 30.9 Å². The van der Waals surface area contributed by atoms with Crippen molar-refractivity contribution in [3.05, 3.63) is 12.0 Å². The molecule has 0 radical (unpaired) electrons. The molecule has 0 saturated carbocycles. The summed E-state index contributed by atoms with van der Waals surface area (Å²) >= 11 is 0. The normalized spacial score (nSPS) is 18.3. The van der Waals surface area contributed by atoms with Crippen LogP contribution in [0.2, 0.25) is 0 Å². The number of sulfonamides is 1. The molecule has 0 atom stereocenters. The van der Waals surface area contributed by atoms with Crippen LogP contribution < -0.4 is 5.32 Å². The first-order chi connectivity index (χ1) is 10.1. The third-order valence-electron chi connectivity index (χ3n) is 3.54. The third kappa shape index (κ3) is 4.14. The molecule has 0 unspecified atom stereocenters. The lowest BCUT2D eigenvalue weighted by Gasteiger charge is -2.31. The summed E-state index contributed by atoms with van der Waals surface area (Å²) < 4.78 is 48.0. The van der Waals surface area contributed by atoms with Crippen LogP contribution in [0, 0.1) is 6.92 Å². The van der Waals surface area contributed by atoms with E-state index in [1.807, 2.05) is 0 Å². The predicted molar refractivity (Wildman–Crippen MR) is 82.9 cm³/mol. The SMILES string of the molecule is Cc1ncc(S(C)(=O)=O)c(NC2CCN(S(C)(=O)=O)CC2)n1. The van der Waals surface area contributed by atoms with Crippen molar-refractivity contribution < 1.29 is 16.8 Å². The number of hydrogen-bond acceptors (Lipinski definition) is 7. The van der Waals surface area contributed by atoms with E-state index in [1.54, 1.807) is 6.92 Å². The lowest BCUT2D eigenvalue weighted by molar-refractivity contribution is 0.331. The maximum atomic E-state index is 11.8. The molecule has 1 aliphatic rings. The number of anilines is 1. The van der Waals surface area contributed by atoms with Crippen molar-refractivity contribution in [1.29, 1.82) is 0 Å². The van der Waals surface area contributed by atoms with Crippen LogP contribution in [0.3, 0.4) is 0 Å². The first kappa shape index (κ1) is 17.1. The van der Waals surface area contributed by atoms with Crippen molar-refractivity contribution in [2.24, 2.45) is 0 Å². The summed E-state index contributed by atoms with van der Waals surface area (Å²) in [7, 11) is -6.61. The van der Waals surface area contributed by atoms with Gasteiger partial charge in [0.05, 0.1) is 12.5 Å². The van der Waals surface area contributed by atoms with Gasteiger partial charge >= 0.3 is 0 Å². The van der Waals surface area contributed by atoms with Crippen molar-refractivity contribution in [3.8, 4) is 0 Å². The van der Waals surface area contributed by atoms with Gasteiger partial charge in [-0.2, -0.15) is 0 Å². The summed E-state index contributed by atoms with van der Waals surface area (Å²) in [6, 6.07) is -0.0206. The molecule has 2 rings (SSSR count). The topological polar surface area (TPSA) is 109 Å². The minimum Gasteiger partial charge on any atom is -0.366 e. The summed E-state index contributed by atoms with van der Waals surface area (Å²) in [6.45, 7) is 2.51. The standard InChI is InChI=1S/C12H20N4O4S2/c1-9-13-8-11(21(2,17)18)12(14-9)15-10-4-6-16(7-5-10)22(3,19)20/h8,10H,4-7H2,1-3H3,(H,13,14,15). The van der Waals surface area contributed by atoms with Gasteiger partial charge in [-0.1, -0.05) is 0 Å². The van der Waals surface area contributed by atoms with Crippen molar-refractivity contribution in [2.45, 2.75) is 30.7 Å². The minimum absolute atomic E-state index is 0.0206. The first-order valence-corrected chi connectivity index (χ1v) is 10.6. The zero-order valence-electron chi connectivity index (χ0n) is 12.8. The molecule has 1 aromatic heterocycles.